The van der Waals surface area contributed by atoms with Gasteiger partial charge in [0.1, 0.15) is 11.8 Å². The Labute approximate surface area is 270 Å². The van der Waals surface area contributed by atoms with Gasteiger partial charge in [0.2, 0.25) is 10.6 Å². The van der Waals surface area contributed by atoms with Crippen LogP contribution in [0.5, 0.6) is 0 Å². The van der Waals surface area contributed by atoms with Crippen LogP contribution in [0.4, 0.5) is 10.8 Å². The van der Waals surface area contributed by atoms with Gasteiger partial charge < -0.3 is 4.42 Å². The SMILES string of the molecule is O=C(c1ccc(S(=O)(=O)N2CCCc3ccccc32)cc1)N(/N=C/c1coc2ccccc2c1=O)c1nc2ccc(Br)cc2s1. The Bertz CT molecular complexity index is 2300. The molecule has 2 aromatic heterocycles. The molecule has 1 aliphatic rings. The van der Waals surface area contributed by atoms with Gasteiger partial charge in [-0.2, -0.15) is 10.1 Å². The Morgan fingerprint density at radius 3 is 2.64 bits per heavy atom. The molecule has 0 spiro atoms. The molecule has 4 aromatic carbocycles. The average molecular weight is 700 g/mol. The highest BCUT2D eigenvalue weighted by atomic mass is 79.9. The Hall–Kier alpha value is -4.65. The molecule has 0 aliphatic carbocycles. The summed E-state index contributed by atoms with van der Waals surface area (Å²) in [6, 6.07) is 25.7. The number of hydrogen-bond donors (Lipinski definition) is 0. The van der Waals surface area contributed by atoms with E-state index in [2.05, 4.69) is 26.0 Å². The molecule has 0 fully saturated rings. The first-order valence-electron chi connectivity index (χ1n) is 14.0. The van der Waals surface area contributed by atoms with Crippen LogP contribution in [-0.2, 0) is 16.4 Å². The largest absolute Gasteiger partial charge is 0.463 e. The van der Waals surface area contributed by atoms with Crippen molar-refractivity contribution < 1.29 is 17.6 Å². The van der Waals surface area contributed by atoms with Crippen molar-refractivity contribution in [2.75, 3.05) is 15.9 Å². The number of hydrazone groups is 1. The van der Waals surface area contributed by atoms with Crippen LogP contribution < -0.4 is 14.7 Å². The van der Waals surface area contributed by atoms with Crippen molar-refractivity contribution in [3.63, 3.8) is 0 Å². The molecule has 0 bridgehead atoms. The number of anilines is 2. The Morgan fingerprint density at radius 1 is 1.02 bits per heavy atom. The maximum absolute atomic E-state index is 13.9. The molecule has 0 N–H and O–H groups in total. The summed E-state index contributed by atoms with van der Waals surface area (Å²) in [4.78, 5) is 31.7. The second-order valence-corrected chi connectivity index (χ2v) is 14.1. The fourth-order valence-corrected chi connectivity index (χ4v) is 8.25. The number of aryl methyl sites for hydroxylation is 1. The van der Waals surface area contributed by atoms with Crippen molar-refractivity contribution in [3.8, 4) is 0 Å². The minimum Gasteiger partial charge on any atom is -0.463 e. The van der Waals surface area contributed by atoms with Crippen molar-refractivity contribution in [2.45, 2.75) is 17.7 Å². The van der Waals surface area contributed by atoms with Gasteiger partial charge in [0.05, 0.1) is 38.0 Å². The van der Waals surface area contributed by atoms with Gasteiger partial charge in [-0.1, -0.05) is 57.6 Å². The van der Waals surface area contributed by atoms with E-state index in [0.717, 1.165) is 26.2 Å². The topological polar surface area (TPSA) is 113 Å². The lowest BCUT2D eigenvalue weighted by Crippen LogP contribution is -2.35. The number of carbonyl (C=O) groups is 1. The van der Waals surface area contributed by atoms with Gasteiger partial charge >= 0.3 is 0 Å². The zero-order valence-electron chi connectivity index (χ0n) is 23.5. The number of rotatable bonds is 6. The molecule has 1 aliphatic heterocycles. The lowest BCUT2D eigenvalue weighted by Gasteiger charge is -2.30. The van der Waals surface area contributed by atoms with Crippen LogP contribution in [0.25, 0.3) is 21.2 Å². The molecular weight excluding hydrogens is 676 g/mol. The molecule has 45 heavy (non-hydrogen) atoms. The number of para-hydroxylation sites is 2. The van der Waals surface area contributed by atoms with Crippen LogP contribution in [0.15, 0.2) is 121 Å². The smallest absolute Gasteiger partial charge is 0.280 e. The highest BCUT2D eigenvalue weighted by Gasteiger charge is 2.29. The predicted molar refractivity (Wildman–Crippen MR) is 180 cm³/mol. The zero-order valence-corrected chi connectivity index (χ0v) is 26.7. The van der Waals surface area contributed by atoms with Crippen molar-refractivity contribution in [3.05, 3.63) is 129 Å². The standard InChI is InChI=1S/C33H23BrN4O5S2/c34-24-13-16-27-30(18-24)44-33(36-27)38(35-19-23-20-43-29-10-4-2-8-26(29)31(23)39)32(40)22-11-14-25(15-12-22)45(41,42)37-17-5-7-21-6-1-3-9-28(21)37/h1-4,6,8-16,18-20H,5,7,17H2/b35-19+. The van der Waals surface area contributed by atoms with E-state index >= 15 is 0 Å². The number of nitrogens with zero attached hydrogens (tertiary/aromatic N) is 4. The first kappa shape index (κ1) is 29.1. The van der Waals surface area contributed by atoms with Crippen molar-refractivity contribution in [2.24, 2.45) is 5.10 Å². The van der Waals surface area contributed by atoms with E-state index in [9.17, 15) is 18.0 Å². The van der Waals surface area contributed by atoms with Gasteiger partial charge in [-0.15, -0.1) is 0 Å². The minimum atomic E-state index is -3.86. The van der Waals surface area contributed by atoms with Crippen LogP contribution in [0.2, 0.25) is 0 Å². The van der Waals surface area contributed by atoms with Crippen LogP contribution >= 0.6 is 27.3 Å². The number of hydrogen-bond acceptors (Lipinski definition) is 8. The zero-order chi connectivity index (χ0) is 31.1. The van der Waals surface area contributed by atoms with Crippen LogP contribution in [-0.4, -0.2) is 32.1 Å². The van der Waals surface area contributed by atoms with E-state index in [0.29, 0.717) is 35.1 Å². The number of thiazole rings is 1. The third kappa shape index (κ3) is 5.45. The number of aromatic nitrogens is 1. The first-order valence-corrected chi connectivity index (χ1v) is 17.0. The molecule has 6 aromatic rings. The number of sulfonamides is 1. The number of amides is 1. The average Bonchev–Trinajstić information content (AvgIpc) is 3.48. The Balaban J connectivity index is 1.24. The van der Waals surface area contributed by atoms with Gasteiger partial charge in [-0.05, 0) is 79.1 Å². The molecule has 1 amide bonds. The second kappa shape index (κ2) is 11.7. The molecule has 9 nitrogen and oxygen atoms in total. The Kier molecular flexibility index (Phi) is 7.56. The molecule has 7 rings (SSSR count). The fraction of sp³-hybridized carbons (Fsp3) is 0.0909. The van der Waals surface area contributed by atoms with Crippen LogP contribution in [0.1, 0.15) is 27.9 Å². The molecule has 12 heteroatoms. The third-order valence-corrected chi connectivity index (χ3v) is 10.8. The van der Waals surface area contributed by atoms with Crippen LogP contribution in [0, 0.1) is 0 Å². The molecule has 0 radical (unpaired) electrons. The van der Waals surface area contributed by atoms with E-state index in [1.807, 2.05) is 42.5 Å². The van der Waals surface area contributed by atoms with E-state index in [-0.39, 0.29) is 26.6 Å². The van der Waals surface area contributed by atoms with Crippen molar-refractivity contribution in [1.29, 1.82) is 0 Å². The van der Waals surface area contributed by atoms with Gasteiger partial charge in [-0.25, -0.2) is 13.4 Å². The summed E-state index contributed by atoms with van der Waals surface area (Å²) in [7, 11) is -3.86. The number of fused-ring (bicyclic) bond motifs is 3. The van der Waals surface area contributed by atoms with E-state index in [1.54, 1.807) is 24.3 Å². The van der Waals surface area contributed by atoms with E-state index < -0.39 is 15.9 Å². The molecule has 0 saturated carbocycles. The van der Waals surface area contributed by atoms with E-state index in [1.165, 1.54) is 52.4 Å². The number of carbonyl (C=O) groups excluding carboxylic acids is 1. The maximum Gasteiger partial charge on any atom is 0.280 e. The highest BCUT2D eigenvalue weighted by molar-refractivity contribution is 9.10. The summed E-state index contributed by atoms with van der Waals surface area (Å²) in [5.74, 6) is -0.554. The minimum absolute atomic E-state index is 0.0735. The quantitative estimate of drug-likeness (QED) is 0.137. The normalized spacial score (nSPS) is 13.4. The number of halogens is 1. The summed E-state index contributed by atoms with van der Waals surface area (Å²) in [5.41, 5.74) is 2.80. The molecule has 3 heterocycles. The summed E-state index contributed by atoms with van der Waals surface area (Å²) >= 11 is 4.72. The fourth-order valence-electron chi connectivity index (χ4n) is 5.24. The van der Waals surface area contributed by atoms with Gasteiger partial charge in [0, 0.05) is 16.6 Å². The van der Waals surface area contributed by atoms with Crippen LogP contribution in [0.3, 0.4) is 0 Å². The van der Waals surface area contributed by atoms with Gasteiger partial charge in [0.25, 0.3) is 15.9 Å². The molecule has 224 valence electrons. The van der Waals surface area contributed by atoms with Gasteiger partial charge in [-0.3, -0.25) is 13.9 Å². The first-order chi connectivity index (χ1) is 21.8. The lowest BCUT2D eigenvalue weighted by molar-refractivity contribution is 0.0987. The van der Waals surface area contributed by atoms with E-state index in [4.69, 9.17) is 4.42 Å². The summed E-state index contributed by atoms with van der Waals surface area (Å²) in [6.45, 7) is 0.374. The third-order valence-electron chi connectivity index (χ3n) is 7.49. The molecular formula is C33H23BrN4O5S2. The summed E-state index contributed by atoms with van der Waals surface area (Å²) < 4.78 is 36.0. The second-order valence-electron chi connectivity index (χ2n) is 10.3. The summed E-state index contributed by atoms with van der Waals surface area (Å²) in [5, 5.41) is 6.17. The van der Waals surface area contributed by atoms with Crippen molar-refractivity contribution in [1.82, 2.24) is 4.98 Å². The maximum atomic E-state index is 13.9. The summed E-state index contributed by atoms with van der Waals surface area (Å²) in [6.07, 6.45) is 4.10. The number of benzene rings is 4. The molecule has 0 atom stereocenters. The Morgan fingerprint density at radius 2 is 1.80 bits per heavy atom. The molecule has 0 unspecified atom stereocenters. The monoisotopic (exact) mass is 698 g/mol. The van der Waals surface area contributed by atoms with Crippen molar-refractivity contribution >= 4 is 81.4 Å². The highest BCUT2D eigenvalue weighted by Crippen LogP contribution is 2.34. The predicted octanol–water partition coefficient (Wildman–Crippen LogP) is 6.99. The molecule has 0 saturated heterocycles. The van der Waals surface area contributed by atoms with Gasteiger partial charge in [0.15, 0.2) is 0 Å². The lowest BCUT2D eigenvalue weighted by atomic mass is 10.0.